The number of benzene rings is 1. The van der Waals surface area contributed by atoms with Gasteiger partial charge in [-0.25, -0.2) is 13.1 Å². The molecule has 0 amide bonds. The standard InChI is InChI=1S/C16H26BNO4S/c1-7-23(19,20)18-12(2)13-8-10-14(11-9-13)17-21-15(3,4)16(5,6)22-17/h8-12,18H,7H2,1-6H3/t12-/m0/s1. The summed E-state index contributed by atoms with van der Waals surface area (Å²) in [5.41, 5.74) is 1.08. The molecule has 2 rings (SSSR count). The lowest BCUT2D eigenvalue weighted by Gasteiger charge is -2.32. The van der Waals surface area contributed by atoms with E-state index in [0.717, 1.165) is 11.0 Å². The lowest BCUT2D eigenvalue weighted by atomic mass is 9.78. The van der Waals surface area contributed by atoms with Crippen molar-refractivity contribution in [2.75, 3.05) is 5.75 Å². The highest BCUT2D eigenvalue weighted by Crippen LogP contribution is 2.36. The molecular weight excluding hydrogens is 313 g/mol. The summed E-state index contributed by atoms with van der Waals surface area (Å²) in [6, 6.07) is 7.39. The molecule has 7 heteroatoms. The van der Waals surface area contributed by atoms with Crippen LogP contribution in [0, 0.1) is 0 Å². The molecular formula is C16H26BNO4S. The van der Waals surface area contributed by atoms with Gasteiger partial charge in [-0.2, -0.15) is 0 Å². The number of rotatable bonds is 5. The maximum absolute atomic E-state index is 11.7. The highest BCUT2D eigenvalue weighted by molar-refractivity contribution is 7.89. The maximum Gasteiger partial charge on any atom is 0.494 e. The molecule has 23 heavy (non-hydrogen) atoms. The van der Waals surface area contributed by atoms with Gasteiger partial charge in [0.15, 0.2) is 0 Å². The van der Waals surface area contributed by atoms with E-state index in [9.17, 15) is 8.42 Å². The average Bonchev–Trinajstić information content (AvgIpc) is 2.67. The van der Waals surface area contributed by atoms with E-state index < -0.39 is 17.1 Å². The molecule has 0 saturated carbocycles. The Morgan fingerprint density at radius 3 is 2.00 bits per heavy atom. The molecule has 0 unspecified atom stereocenters. The number of nitrogens with one attached hydrogen (secondary N) is 1. The molecule has 0 bridgehead atoms. The Morgan fingerprint density at radius 1 is 1.09 bits per heavy atom. The van der Waals surface area contributed by atoms with E-state index in [1.165, 1.54) is 0 Å². The van der Waals surface area contributed by atoms with Crippen LogP contribution in [-0.4, -0.2) is 32.5 Å². The lowest BCUT2D eigenvalue weighted by molar-refractivity contribution is 0.00578. The van der Waals surface area contributed by atoms with Crippen molar-refractivity contribution < 1.29 is 17.7 Å². The van der Waals surface area contributed by atoms with Crippen LogP contribution in [0.25, 0.3) is 0 Å². The molecule has 0 radical (unpaired) electrons. The van der Waals surface area contributed by atoms with E-state index >= 15 is 0 Å². The molecule has 1 atom stereocenters. The minimum Gasteiger partial charge on any atom is -0.399 e. The average molecular weight is 339 g/mol. The van der Waals surface area contributed by atoms with Crippen LogP contribution in [-0.2, 0) is 19.3 Å². The summed E-state index contributed by atoms with van der Waals surface area (Å²) < 4.78 is 38.0. The minimum absolute atomic E-state index is 0.0728. The van der Waals surface area contributed by atoms with E-state index in [1.807, 2.05) is 58.9 Å². The second kappa shape index (κ2) is 6.20. The van der Waals surface area contributed by atoms with Crippen LogP contribution < -0.4 is 10.2 Å². The van der Waals surface area contributed by atoms with Crippen molar-refractivity contribution in [1.82, 2.24) is 4.72 Å². The van der Waals surface area contributed by atoms with Gasteiger partial charge in [0.1, 0.15) is 0 Å². The van der Waals surface area contributed by atoms with Crippen LogP contribution in [0.1, 0.15) is 53.1 Å². The third-order valence-electron chi connectivity index (χ3n) is 4.70. The molecule has 1 heterocycles. The molecule has 0 aliphatic carbocycles. The van der Waals surface area contributed by atoms with Crippen LogP contribution in [0.5, 0.6) is 0 Å². The number of hydrogen-bond donors (Lipinski definition) is 1. The van der Waals surface area contributed by atoms with Crippen molar-refractivity contribution in [2.45, 2.75) is 58.8 Å². The van der Waals surface area contributed by atoms with E-state index in [4.69, 9.17) is 9.31 Å². The van der Waals surface area contributed by atoms with Crippen LogP contribution in [0.3, 0.4) is 0 Å². The molecule has 1 aromatic carbocycles. The maximum atomic E-state index is 11.7. The van der Waals surface area contributed by atoms with Gasteiger partial charge in [0, 0.05) is 6.04 Å². The molecule has 0 aromatic heterocycles. The monoisotopic (exact) mass is 339 g/mol. The fourth-order valence-electron chi connectivity index (χ4n) is 2.34. The van der Waals surface area contributed by atoms with Gasteiger partial charge in [0.25, 0.3) is 0 Å². The molecule has 1 aliphatic heterocycles. The van der Waals surface area contributed by atoms with Crippen LogP contribution in [0.2, 0.25) is 0 Å². The first-order chi connectivity index (χ1) is 10.5. The SMILES string of the molecule is CCS(=O)(=O)N[C@@H](C)c1ccc(B2OC(C)(C)C(C)(C)O2)cc1. The van der Waals surface area contributed by atoms with E-state index in [-0.39, 0.29) is 23.0 Å². The largest absolute Gasteiger partial charge is 0.494 e. The summed E-state index contributed by atoms with van der Waals surface area (Å²) in [5.74, 6) is 0.0728. The third-order valence-corrected chi connectivity index (χ3v) is 6.17. The highest BCUT2D eigenvalue weighted by Gasteiger charge is 2.51. The van der Waals surface area contributed by atoms with E-state index in [0.29, 0.717) is 0 Å². The first-order valence-corrected chi connectivity index (χ1v) is 9.58. The minimum atomic E-state index is -3.22. The van der Waals surface area contributed by atoms with Gasteiger partial charge in [-0.05, 0) is 52.6 Å². The Balaban J connectivity index is 2.12. The Labute approximate surface area is 140 Å². The fourth-order valence-corrected chi connectivity index (χ4v) is 3.18. The Bertz CT molecular complexity index is 639. The first-order valence-electron chi connectivity index (χ1n) is 7.93. The first kappa shape index (κ1) is 18.5. The zero-order valence-electron chi connectivity index (χ0n) is 14.7. The van der Waals surface area contributed by atoms with Crippen molar-refractivity contribution in [3.63, 3.8) is 0 Å². The smallest absolute Gasteiger partial charge is 0.399 e. The Morgan fingerprint density at radius 2 is 1.57 bits per heavy atom. The zero-order chi connectivity index (χ0) is 17.5. The van der Waals surface area contributed by atoms with Crippen molar-refractivity contribution >= 4 is 22.6 Å². The second-order valence-electron chi connectivity index (χ2n) is 7.00. The van der Waals surface area contributed by atoms with Gasteiger partial charge in [0.2, 0.25) is 10.0 Å². The predicted molar refractivity (Wildman–Crippen MR) is 93.2 cm³/mol. The lowest BCUT2D eigenvalue weighted by Crippen LogP contribution is -2.41. The zero-order valence-corrected chi connectivity index (χ0v) is 15.5. The van der Waals surface area contributed by atoms with Crippen LogP contribution >= 0.6 is 0 Å². The topological polar surface area (TPSA) is 64.6 Å². The van der Waals surface area contributed by atoms with E-state index in [2.05, 4.69) is 4.72 Å². The molecule has 1 aliphatic rings. The van der Waals surface area contributed by atoms with Crippen molar-refractivity contribution in [3.05, 3.63) is 29.8 Å². The summed E-state index contributed by atoms with van der Waals surface area (Å²) in [6.45, 7) is 11.5. The number of hydrogen-bond acceptors (Lipinski definition) is 4. The Hall–Kier alpha value is -0.885. The van der Waals surface area contributed by atoms with Crippen molar-refractivity contribution in [2.24, 2.45) is 0 Å². The molecule has 128 valence electrons. The van der Waals surface area contributed by atoms with Crippen molar-refractivity contribution in [1.29, 1.82) is 0 Å². The molecule has 5 nitrogen and oxygen atoms in total. The summed E-state index contributed by atoms with van der Waals surface area (Å²) in [5, 5.41) is 0. The number of sulfonamides is 1. The molecule has 1 saturated heterocycles. The normalized spacial score (nSPS) is 21.4. The summed E-state index contributed by atoms with van der Waals surface area (Å²) in [4.78, 5) is 0. The molecule has 1 fully saturated rings. The van der Waals surface area contributed by atoms with Gasteiger partial charge in [0.05, 0.1) is 17.0 Å². The van der Waals surface area contributed by atoms with Gasteiger partial charge < -0.3 is 9.31 Å². The van der Waals surface area contributed by atoms with Gasteiger partial charge in [-0.3, -0.25) is 0 Å². The quantitative estimate of drug-likeness (QED) is 0.834. The predicted octanol–water partition coefficient (Wildman–Crippen LogP) is 1.99. The fraction of sp³-hybridized carbons (Fsp3) is 0.625. The highest BCUT2D eigenvalue weighted by atomic mass is 32.2. The van der Waals surface area contributed by atoms with Gasteiger partial charge >= 0.3 is 7.12 Å². The van der Waals surface area contributed by atoms with Crippen LogP contribution in [0.4, 0.5) is 0 Å². The van der Waals surface area contributed by atoms with Gasteiger partial charge in [-0.15, -0.1) is 0 Å². The third kappa shape index (κ3) is 3.96. The van der Waals surface area contributed by atoms with Gasteiger partial charge in [-0.1, -0.05) is 24.3 Å². The van der Waals surface area contributed by atoms with Crippen LogP contribution in [0.15, 0.2) is 24.3 Å². The van der Waals surface area contributed by atoms with Crippen molar-refractivity contribution in [3.8, 4) is 0 Å². The molecule has 1 aromatic rings. The second-order valence-corrected chi connectivity index (χ2v) is 9.04. The summed E-state index contributed by atoms with van der Waals surface area (Å²) in [6.07, 6.45) is 0. The Kier molecular flexibility index (Phi) is 4.98. The molecule has 1 N–H and O–H groups in total. The van der Waals surface area contributed by atoms with E-state index in [1.54, 1.807) is 6.92 Å². The molecule has 0 spiro atoms. The summed E-state index contributed by atoms with van der Waals surface area (Å²) in [7, 11) is -3.63. The summed E-state index contributed by atoms with van der Waals surface area (Å²) >= 11 is 0.